The lowest BCUT2D eigenvalue weighted by Gasteiger charge is -2.31. The highest BCUT2D eigenvalue weighted by Gasteiger charge is 2.54. The van der Waals surface area contributed by atoms with E-state index in [2.05, 4.69) is 15.3 Å². The summed E-state index contributed by atoms with van der Waals surface area (Å²) in [6.45, 7) is 0.236. The zero-order valence-corrected chi connectivity index (χ0v) is 26.0. The minimum absolute atomic E-state index is 0.00914. The van der Waals surface area contributed by atoms with Crippen LogP contribution in [0.4, 0.5) is 10.1 Å². The van der Waals surface area contributed by atoms with Crippen LogP contribution < -0.4 is 10.1 Å². The summed E-state index contributed by atoms with van der Waals surface area (Å²) in [6, 6.07) is 26.9. The third-order valence-electron chi connectivity index (χ3n) is 7.60. The third-order valence-corrected chi connectivity index (χ3v) is 9.33. The van der Waals surface area contributed by atoms with Gasteiger partial charge in [0.1, 0.15) is 11.6 Å². The molecule has 0 spiro atoms. The summed E-state index contributed by atoms with van der Waals surface area (Å²) >= 11 is 0. The largest absolute Gasteiger partial charge is 0.494 e. The Morgan fingerprint density at radius 1 is 1.04 bits per heavy atom. The number of benzene rings is 4. The molecular weight excluding hydrogens is 625 g/mol. The van der Waals surface area contributed by atoms with Gasteiger partial charge in [-0.25, -0.2) is 17.8 Å². The van der Waals surface area contributed by atoms with Crippen LogP contribution in [0.2, 0.25) is 0 Å². The van der Waals surface area contributed by atoms with Gasteiger partial charge in [0.15, 0.2) is 21.5 Å². The van der Waals surface area contributed by atoms with E-state index in [1.165, 1.54) is 30.3 Å². The predicted octanol–water partition coefficient (Wildman–Crippen LogP) is 5.97. The van der Waals surface area contributed by atoms with E-state index in [1.807, 2.05) is 0 Å². The molecule has 0 bridgehead atoms. The van der Waals surface area contributed by atoms with Gasteiger partial charge in [0.25, 0.3) is 5.91 Å². The number of rotatable bonds is 14. The van der Waals surface area contributed by atoms with Crippen molar-refractivity contribution in [1.29, 1.82) is 0 Å². The molecule has 1 aliphatic rings. The average Bonchev–Trinajstić information content (AvgIpc) is 3.48. The van der Waals surface area contributed by atoms with Crippen molar-refractivity contribution in [2.75, 3.05) is 19.0 Å². The fourth-order valence-electron chi connectivity index (χ4n) is 5.21. The first-order valence-electron chi connectivity index (χ1n) is 14.8. The molecule has 2 atom stereocenters. The Morgan fingerprint density at radius 3 is 2.51 bits per heavy atom. The second-order valence-corrected chi connectivity index (χ2v) is 12.8. The Kier molecular flexibility index (Phi) is 10.5. The van der Waals surface area contributed by atoms with Crippen LogP contribution in [-0.4, -0.2) is 49.8 Å². The molecular formula is C34H32FN5O6S. The molecule has 2 N–H and O–H groups in total. The Balaban J connectivity index is 1.59. The van der Waals surface area contributed by atoms with Gasteiger partial charge in [-0.2, -0.15) is 0 Å². The molecule has 4 aromatic carbocycles. The molecule has 1 aliphatic heterocycles. The summed E-state index contributed by atoms with van der Waals surface area (Å²) in [5, 5.41) is 15.7. The van der Waals surface area contributed by atoms with E-state index in [0.717, 1.165) is 0 Å². The van der Waals surface area contributed by atoms with Crippen LogP contribution in [-0.2, 0) is 25.9 Å². The fourth-order valence-corrected chi connectivity index (χ4v) is 6.60. The summed E-state index contributed by atoms with van der Waals surface area (Å²) < 4.78 is 53.0. The van der Waals surface area contributed by atoms with Crippen molar-refractivity contribution in [3.8, 4) is 5.75 Å². The Bertz CT molecular complexity index is 1900. The molecule has 0 aromatic heterocycles. The number of hydrogen-bond acceptors (Lipinski definition) is 8. The second kappa shape index (κ2) is 14.9. The standard InChI is InChI=1S/C34H32FN5O6S/c35-26-9-6-8-24(22-26)23-37-33(42)34(18-21-47(43,44)28-10-2-1-3-11-28)31(29-12-4-5-13-30(29)39-40-36)46-32(38-34)25-14-16-27(17-15-25)45-20-7-19-41/h1-6,8-17,22,31,41H,7,18-21,23H2,(H,37,42)/t31-,34-/m1/s1. The van der Waals surface area contributed by atoms with E-state index >= 15 is 0 Å². The topological polar surface area (TPSA) is 163 Å². The number of ether oxygens (including phenoxy) is 2. The predicted molar refractivity (Wildman–Crippen MR) is 173 cm³/mol. The first-order valence-corrected chi connectivity index (χ1v) is 16.5. The quantitative estimate of drug-likeness (QED) is 0.0735. The van der Waals surface area contributed by atoms with E-state index in [-0.39, 0.29) is 36.1 Å². The number of sulfone groups is 1. The van der Waals surface area contributed by atoms with Crippen LogP contribution in [0.15, 0.2) is 118 Å². The zero-order valence-electron chi connectivity index (χ0n) is 25.2. The van der Waals surface area contributed by atoms with Crippen LogP contribution in [0.25, 0.3) is 10.4 Å². The number of aliphatic imine (C=N–C) groups is 1. The first kappa shape index (κ1) is 33.1. The number of carbonyl (C=O) groups excluding carboxylic acids is 1. The minimum atomic E-state index is -3.89. The maximum Gasteiger partial charge on any atom is 0.252 e. The van der Waals surface area contributed by atoms with Crippen molar-refractivity contribution in [3.05, 3.63) is 136 Å². The molecule has 0 fully saturated rings. The molecule has 0 saturated carbocycles. The molecule has 1 heterocycles. The Morgan fingerprint density at radius 2 is 1.79 bits per heavy atom. The van der Waals surface area contributed by atoms with E-state index in [0.29, 0.717) is 35.5 Å². The number of halogens is 1. The van der Waals surface area contributed by atoms with Gasteiger partial charge in [-0.15, -0.1) is 0 Å². The van der Waals surface area contributed by atoms with Crippen LogP contribution in [0.1, 0.15) is 35.6 Å². The van der Waals surface area contributed by atoms with Gasteiger partial charge < -0.3 is 19.9 Å². The van der Waals surface area contributed by atoms with Crippen molar-refractivity contribution in [2.45, 2.75) is 35.9 Å². The molecule has 5 rings (SSSR count). The maximum absolute atomic E-state index is 14.4. The lowest BCUT2D eigenvalue weighted by atomic mass is 9.84. The average molecular weight is 658 g/mol. The Hall–Kier alpha value is -5.23. The van der Waals surface area contributed by atoms with Crippen LogP contribution >= 0.6 is 0 Å². The number of nitrogens with zero attached hydrogens (tertiary/aromatic N) is 4. The lowest BCUT2D eigenvalue weighted by Crippen LogP contribution is -2.49. The number of carbonyl (C=O) groups is 1. The van der Waals surface area contributed by atoms with E-state index in [9.17, 15) is 23.1 Å². The minimum Gasteiger partial charge on any atom is -0.494 e. The zero-order chi connectivity index (χ0) is 33.3. The number of aliphatic hydroxyl groups excluding tert-OH is 1. The molecule has 47 heavy (non-hydrogen) atoms. The van der Waals surface area contributed by atoms with Crippen molar-refractivity contribution >= 4 is 27.3 Å². The normalized spacial score (nSPS) is 17.2. The molecule has 1 amide bonds. The highest BCUT2D eigenvalue weighted by atomic mass is 32.2. The van der Waals surface area contributed by atoms with Gasteiger partial charge in [0.05, 0.1) is 17.3 Å². The number of amides is 1. The first-order chi connectivity index (χ1) is 22.8. The van der Waals surface area contributed by atoms with Crippen LogP contribution in [0, 0.1) is 5.82 Å². The van der Waals surface area contributed by atoms with Gasteiger partial charge in [0.2, 0.25) is 5.90 Å². The van der Waals surface area contributed by atoms with Gasteiger partial charge in [-0.05, 0) is 59.6 Å². The number of azide groups is 1. The third kappa shape index (κ3) is 7.78. The maximum atomic E-state index is 14.4. The van der Waals surface area contributed by atoms with Crippen molar-refractivity contribution in [1.82, 2.24) is 5.32 Å². The smallest absolute Gasteiger partial charge is 0.252 e. The van der Waals surface area contributed by atoms with Crippen LogP contribution in [0.3, 0.4) is 0 Å². The molecule has 0 saturated heterocycles. The molecule has 0 radical (unpaired) electrons. The lowest BCUT2D eigenvalue weighted by molar-refractivity contribution is -0.129. The summed E-state index contributed by atoms with van der Waals surface area (Å²) in [5.74, 6) is -1.01. The molecule has 13 heteroatoms. The SMILES string of the molecule is [N-]=[N+]=Nc1ccccc1[C@H]1OC(c2ccc(OCCCO)cc2)=N[C@@]1(CCS(=O)(=O)c1ccccc1)C(=O)NCc1cccc(F)c1. The summed E-state index contributed by atoms with van der Waals surface area (Å²) in [4.78, 5) is 22.2. The molecule has 0 aliphatic carbocycles. The van der Waals surface area contributed by atoms with Crippen molar-refractivity contribution in [3.63, 3.8) is 0 Å². The summed E-state index contributed by atoms with van der Waals surface area (Å²) in [5.41, 5.74) is 8.91. The van der Waals surface area contributed by atoms with Gasteiger partial charge >= 0.3 is 0 Å². The number of hydrogen-bond donors (Lipinski definition) is 2. The van der Waals surface area contributed by atoms with E-state index in [1.54, 1.807) is 72.8 Å². The van der Waals surface area contributed by atoms with E-state index < -0.39 is 39.0 Å². The highest BCUT2D eigenvalue weighted by Crippen LogP contribution is 2.46. The molecule has 4 aromatic rings. The molecule has 242 valence electrons. The van der Waals surface area contributed by atoms with Gasteiger partial charge in [-0.1, -0.05) is 59.7 Å². The van der Waals surface area contributed by atoms with Gasteiger partial charge in [-0.3, -0.25) is 4.79 Å². The van der Waals surface area contributed by atoms with Crippen molar-refractivity contribution < 1.29 is 32.2 Å². The molecule has 0 unspecified atom stereocenters. The monoisotopic (exact) mass is 657 g/mol. The summed E-state index contributed by atoms with van der Waals surface area (Å²) in [7, 11) is -3.89. The van der Waals surface area contributed by atoms with Crippen molar-refractivity contribution in [2.24, 2.45) is 10.1 Å². The van der Waals surface area contributed by atoms with Gasteiger partial charge in [0, 0.05) is 47.7 Å². The Labute approximate surface area is 271 Å². The highest BCUT2D eigenvalue weighted by molar-refractivity contribution is 7.91. The van der Waals surface area contributed by atoms with Crippen LogP contribution in [0.5, 0.6) is 5.75 Å². The number of nitrogens with one attached hydrogen (secondary N) is 1. The molecule has 11 nitrogen and oxygen atoms in total. The number of aliphatic hydroxyl groups is 1. The second-order valence-electron chi connectivity index (χ2n) is 10.7. The fraction of sp³-hybridized carbons (Fsp3) is 0.235. The summed E-state index contributed by atoms with van der Waals surface area (Å²) in [6.07, 6.45) is -1.05. The van der Waals surface area contributed by atoms with E-state index in [4.69, 9.17) is 19.6 Å².